The van der Waals surface area contributed by atoms with Gasteiger partial charge in [-0.15, -0.1) is 0 Å². The molecule has 22 heavy (non-hydrogen) atoms. The first kappa shape index (κ1) is 16.6. The molecule has 0 heterocycles. The first-order valence-electron chi connectivity index (χ1n) is 5.95. The van der Waals surface area contributed by atoms with E-state index < -0.39 is 16.0 Å². The van der Waals surface area contributed by atoms with Gasteiger partial charge in [0.2, 0.25) is 0 Å². The van der Waals surface area contributed by atoms with Crippen LogP contribution in [-0.2, 0) is 14.8 Å². The highest BCUT2D eigenvalue weighted by atomic mass is 35.5. The Kier molecular flexibility index (Phi) is 4.95. The topological polar surface area (TPSA) is 78.8 Å². The molecule has 0 amide bonds. The summed E-state index contributed by atoms with van der Waals surface area (Å²) in [6.45, 7) is 0. The quantitative estimate of drug-likeness (QED) is 0.777. The fourth-order valence-electron chi connectivity index (χ4n) is 1.65. The number of halogens is 2. The van der Waals surface area contributed by atoms with Crippen molar-refractivity contribution in [2.45, 2.75) is 4.90 Å². The Balaban J connectivity index is 2.38. The zero-order valence-electron chi connectivity index (χ0n) is 11.3. The fourth-order valence-corrected chi connectivity index (χ4v) is 3.38. The van der Waals surface area contributed by atoms with E-state index in [1.54, 1.807) is 0 Å². The average Bonchev–Trinajstić information content (AvgIpc) is 2.49. The molecule has 0 unspecified atom stereocenters. The van der Waals surface area contributed by atoms with Crippen LogP contribution >= 0.6 is 23.2 Å². The standard InChI is InChI=1S/C14H11Cl2NO4S/c1-21-14(18)9-5-7-10(8-6-9)17-22(19,20)12-4-2-3-11(15)13(12)16/h2-8,18H,1H3/p-1. The number of ether oxygens (including phenoxy) is 1. The average molecular weight is 359 g/mol. The Hall–Kier alpha value is -1.76. The summed E-state index contributed by atoms with van der Waals surface area (Å²) in [5.41, 5.74) is 0.448. The van der Waals surface area contributed by atoms with Crippen molar-refractivity contribution in [3.63, 3.8) is 0 Å². The summed E-state index contributed by atoms with van der Waals surface area (Å²) in [6, 6.07) is 4.26. The highest BCUT2D eigenvalue weighted by molar-refractivity contribution is 7.90. The maximum atomic E-state index is 12.2. The SMILES string of the molecule is COC([O-])=C1C=CC(=NS(=O)(=O)c2cccc(Cl)c2Cl)C=C1. The summed E-state index contributed by atoms with van der Waals surface area (Å²) in [7, 11) is -2.76. The first-order valence-corrected chi connectivity index (χ1v) is 8.15. The number of allylic oxidation sites excluding steroid dienone is 5. The molecule has 0 fully saturated rings. The van der Waals surface area contributed by atoms with Crippen LogP contribution in [0.15, 0.2) is 63.3 Å². The number of methoxy groups -OCH3 is 1. The van der Waals surface area contributed by atoms with Gasteiger partial charge in [-0.05, 0) is 37.0 Å². The molecule has 0 aliphatic heterocycles. The Morgan fingerprint density at radius 1 is 1.18 bits per heavy atom. The predicted molar refractivity (Wildman–Crippen MR) is 83.4 cm³/mol. The van der Waals surface area contributed by atoms with E-state index in [1.165, 1.54) is 49.6 Å². The van der Waals surface area contributed by atoms with Gasteiger partial charge in [0.05, 0.1) is 21.7 Å². The van der Waals surface area contributed by atoms with E-state index in [2.05, 4.69) is 9.13 Å². The van der Waals surface area contributed by atoms with E-state index >= 15 is 0 Å². The lowest BCUT2D eigenvalue weighted by molar-refractivity contribution is -0.354. The fraction of sp³-hybridized carbons (Fsp3) is 0.0714. The molecular weight excluding hydrogens is 349 g/mol. The third-order valence-electron chi connectivity index (χ3n) is 2.71. The van der Waals surface area contributed by atoms with Crippen LogP contribution in [-0.4, -0.2) is 21.2 Å². The second-order valence-electron chi connectivity index (χ2n) is 4.16. The molecule has 0 N–H and O–H groups in total. The van der Waals surface area contributed by atoms with Crippen molar-refractivity contribution in [2.24, 2.45) is 4.40 Å². The molecule has 0 spiro atoms. The summed E-state index contributed by atoms with van der Waals surface area (Å²) < 4.78 is 32.7. The maximum absolute atomic E-state index is 12.2. The van der Waals surface area contributed by atoms with Crippen LogP contribution in [0.4, 0.5) is 0 Å². The number of rotatable bonds is 3. The third-order valence-corrected chi connectivity index (χ3v) is 4.99. The van der Waals surface area contributed by atoms with Crippen molar-refractivity contribution < 1.29 is 18.3 Å². The van der Waals surface area contributed by atoms with E-state index in [1.807, 2.05) is 0 Å². The van der Waals surface area contributed by atoms with Crippen molar-refractivity contribution in [3.8, 4) is 0 Å². The van der Waals surface area contributed by atoms with Gasteiger partial charge in [-0.2, -0.15) is 12.8 Å². The molecule has 0 atom stereocenters. The molecular formula is C14H10Cl2NO4S-. The summed E-state index contributed by atoms with van der Waals surface area (Å²) in [4.78, 5) is -0.182. The summed E-state index contributed by atoms with van der Waals surface area (Å²) in [6.07, 6.45) is 5.62. The minimum Gasteiger partial charge on any atom is -0.616 e. The highest BCUT2D eigenvalue weighted by Crippen LogP contribution is 2.30. The number of hydrogen-bond acceptors (Lipinski definition) is 4. The molecule has 2 rings (SSSR count). The van der Waals surface area contributed by atoms with Crippen molar-refractivity contribution in [3.05, 3.63) is 64.1 Å². The highest BCUT2D eigenvalue weighted by Gasteiger charge is 2.19. The molecule has 0 bridgehead atoms. The normalized spacial score (nSPS) is 14.1. The second kappa shape index (κ2) is 6.56. The van der Waals surface area contributed by atoms with Gasteiger partial charge in [0.15, 0.2) is 0 Å². The molecule has 1 aromatic rings. The Morgan fingerprint density at radius 3 is 2.41 bits per heavy atom. The second-order valence-corrected chi connectivity index (χ2v) is 6.51. The minimum absolute atomic E-state index is 0.0842. The van der Waals surface area contributed by atoms with E-state index in [4.69, 9.17) is 23.2 Å². The molecule has 1 aromatic carbocycles. The lowest BCUT2D eigenvalue weighted by Gasteiger charge is -2.13. The lowest BCUT2D eigenvalue weighted by atomic mass is 10.1. The Labute approximate surface area is 137 Å². The lowest BCUT2D eigenvalue weighted by Crippen LogP contribution is -2.10. The van der Waals surface area contributed by atoms with Crippen LogP contribution in [0.1, 0.15) is 0 Å². The number of sulfonamides is 1. The molecule has 1 aliphatic rings. The van der Waals surface area contributed by atoms with Crippen molar-refractivity contribution in [1.82, 2.24) is 0 Å². The van der Waals surface area contributed by atoms with E-state index in [0.29, 0.717) is 5.57 Å². The largest absolute Gasteiger partial charge is 0.616 e. The number of hydrogen-bond donors (Lipinski definition) is 0. The van der Waals surface area contributed by atoms with Crippen molar-refractivity contribution in [1.29, 1.82) is 0 Å². The van der Waals surface area contributed by atoms with Gasteiger partial charge < -0.3 is 9.84 Å². The predicted octanol–water partition coefficient (Wildman–Crippen LogP) is 2.47. The Bertz CT molecular complexity index is 805. The molecule has 0 aromatic heterocycles. The van der Waals surface area contributed by atoms with Crippen LogP contribution in [0.2, 0.25) is 10.0 Å². The molecule has 0 radical (unpaired) electrons. The Morgan fingerprint density at radius 2 is 1.82 bits per heavy atom. The van der Waals surface area contributed by atoms with Crippen molar-refractivity contribution in [2.75, 3.05) is 7.11 Å². The van der Waals surface area contributed by atoms with Crippen LogP contribution in [0.5, 0.6) is 0 Å². The van der Waals surface area contributed by atoms with E-state index in [-0.39, 0.29) is 20.7 Å². The van der Waals surface area contributed by atoms with E-state index in [9.17, 15) is 13.5 Å². The van der Waals surface area contributed by atoms with Gasteiger partial charge in [0, 0.05) is 0 Å². The maximum Gasteiger partial charge on any atom is 0.284 e. The third kappa shape index (κ3) is 3.52. The van der Waals surface area contributed by atoms with E-state index in [0.717, 1.165) is 0 Å². The molecule has 0 saturated carbocycles. The first-order chi connectivity index (χ1) is 10.3. The molecule has 5 nitrogen and oxygen atoms in total. The summed E-state index contributed by atoms with van der Waals surface area (Å²) in [5, 5.41) is 11.4. The van der Waals surface area contributed by atoms with Crippen LogP contribution in [0.3, 0.4) is 0 Å². The summed E-state index contributed by atoms with van der Waals surface area (Å²) in [5.74, 6) is -0.521. The molecule has 1 aliphatic carbocycles. The van der Waals surface area contributed by atoms with Crippen LogP contribution in [0.25, 0.3) is 0 Å². The molecule has 8 heteroatoms. The van der Waals surface area contributed by atoms with Gasteiger partial charge in [0.25, 0.3) is 10.0 Å². The monoisotopic (exact) mass is 358 g/mol. The van der Waals surface area contributed by atoms with Crippen LogP contribution < -0.4 is 5.11 Å². The van der Waals surface area contributed by atoms with Gasteiger partial charge in [0.1, 0.15) is 4.90 Å². The van der Waals surface area contributed by atoms with Gasteiger partial charge in [-0.1, -0.05) is 41.4 Å². The molecule has 116 valence electrons. The van der Waals surface area contributed by atoms with Crippen LogP contribution in [0, 0.1) is 0 Å². The zero-order valence-corrected chi connectivity index (χ0v) is 13.6. The van der Waals surface area contributed by atoms with Gasteiger partial charge in [-0.3, -0.25) is 0 Å². The number of benzene rings is 1. The number of nitrogens with zero attached hydrogens (tertiary/aromatic N) is 1. The minimum atomic E-state index is -4.01. The van der Waals surface area contributed by atoms with Crippen molar-refractivity contribution >= 4 is 38.9 Å². The zero-order chi connectivity index (χ0) is 16.3. The molecule has 0 saturated heterocycles. The van der Waals surface area contributed by atoms with Gasteiger partial charge in [-0.25, -0.2) is 0 Å². The van der Waals surface area contributed by atoms with Gasteiger partial charge >= 0.3 is 0 Å². The smallest absolute Gasteiger partial charge is 0.284 e. The summed E-state index contributed by atoms with van der Waals surface area (Å²) >= 11 is 11.7.